The number of ether oxygens (including phenoxy) is 1. The van der Waals surface area contributed by atoms with Crippen molar-refractivity contribution < 1.29 is 13.9 Å². The van der Waals surface area contributed by atoms with Crippen molar-refractivity contribution in [1.82, 2.24) is 15.2 Å². The standard InChI is InChI=1S/C26H23ClFN3O2/c1-33-20-9-4-17(5-10-20)25-24-21(22-14-18(27)6-11-23(22)30-24)12-13-31(25)26(32)29-15-16-2-7-19(28)8-3-16/h2-11,14,25,30H,12-13,15H2,1H3,(H,29,32)/t25-/m1/s1. The van der Waals surface area contributed by atoms with Crippen LogP contribution in [0.2, 0.25) is 5.02 Å². The Morgan fingerprint density at radius 2 is 1.91 bits per heavy atom. The number of amides is 2. The molecule has 0 saturated carbocycles. The first-order chi connectivity index (χ1) is 16.0. The molecular formula is C26H23ClFN3O2. The Balaban J connectivity index is 1.50. The maximum Gasteiger partial charge on any atom is 0.318 e. The minimum absolute atomic E-state index is 0.178. The van der Waals surface area contributed by atoms with Crippen molar-refractivity contribution >= 4 is 28.5 Å². The van der Waals surface area contributed by atoms with Gasteiger partial charge in [0.25, 0.3) is 0 Å². The molecule has 2 amide bonds. The van der Waals surface area contributed by atoms with Gasteiger partial charge in [0.15, 0.2) is 0 Å². The number of benzene rings is 3. The van der Waals surface area contributed by atoms with Gasteiger partial charge in [-0.25, -0.2) is 9.18 Å². The fourth-order valence-corrected chi connectivity index (χ4v) is 4.67. The molecule has 3 aromatic carbocycles. The monoisotopic (exact) mass is 463 g/mol. The number of aromatic nitrogens is 1. The number of halogens is 2. The molecule has 4 aromatic rings. The summed E-state index contributed by atoms with van der Waals surface area (Å²) in [4.78, 5) is 18.7. The Bertz CT molecular complexity index is 1300. The molecule has 2 N–H and O–H groups in total. The predicted octanol–water partition coefficient (Wildman–Crippen LogP) is 5.83. The van der Waals surface area contributed by atoms with E-state index in [0.717, 1.165) is 33.5 Å². The van der Waals surface area contributed by atoms with Crippen molar-refractivity contribution in [1.29, 1.82) is 0 Å². The summed E-state index contributed by atoms with van der Waals surface area (Å²) in [5.74, 6) is 0.456. The number of nitrogens with one attached hydrogen (secondary N) is 2. The minimum atomic E-state index is -0.299. The third-order valence-corrected chi connectivity index (χ3v) is 6.37. The molecular weight excluding hydrogens is 441 g/mol. The fraction of sp³-hybridized carbons (Fsp3) is 0.192. The second-order valence-corrected chi connectivity index (χ2v) is 8.55. The number of carbonyl (C=O) groups excluding carboxylic acids is 1. The predicted molar refractivity (Wildman–Crippen MR) is 127 cm³/mol. The van der Waals surface area contributed by atoms with Gasteiger partial charge in [-0.3, -0.25) is 0 Å². The number of methoxy groups -OCH3 is 1. The van der Waals surface area contributed by atoms with Crippen molar-refractivity contribution in [2.24, 2.45) is 0 Å². The molecule has 0 saturated heterocycles. The van der Waals surface area contributed by atoms with E-state index in [1.54, 1.807) is 19.2 Å². The molecule has 1 aliphatic heterocycles. The fourth-order valence-electron chi connectivity index (χ4n) is 4.49. The summed E-state index contributed by atoms with van der Waals surface area (Å²) >= 11 is 6.27. The van der Waals surface area contributed by atoms with Crippen molar-refractivity contribution in [3.63, 3.8) is 0 Å². The van der Waals surface area contributed by atoms with Crippen molar-refractivity contribution in [3.05, 3.63) is 100.0 Å². The van der Waals surface area contributed by atoms with E-state index in [4.69, 9.17) is 16.3 Å². The molecule has 1 atom stereocenters. The molecule has 7 heteroatoms. The van der Waals surface area contributed by atoms with Crippen LogP contribution < -0.4 is 10.1 Å². The Kier molecular flexibility index (Phi) is 5.68. The van der Waals surface area contributed by atoms with E-state index in [2.05, 4.69) is 10.3 Å². The highest BCUT2D eigenvalue weighted by Crippen LogP contribution is 2.39. The van der Waals surface area contributed by atoms with Gasteiger partial charge in [-0.1, -0.05) is 35.9 Å². The van der Waals surface area contributed by atoms with Crippen LogP contribution in [0.15, 0.2) is 66.7 Å². The molecule has 5 nitrogen and oxygen atoms in total. The Morgan fingerprint density at radius 1 is 1.15 bits per heavy atom. The zero-order valence-electron chi connectivity index (χ0n) is 18.1. The average Bonchev–Trinajstić information content (AvgIpc) is 3.21. The summed E-state index contributed by atoms with van der Waals surface area (Å²) in [5, 5.41) is 4.76. The lowest BCUT2D eigenvalue weighted by molar-refractivity contribution is 0.179. The first kappa shape index (κ1) is 21.3. The molecule has 5 rings (SSSR count). The number of nitrogens with zero attached hydrogens (tertiary/aromatic N) is 1. The zero-order valence-corrected chi connectivity index (χ0v) is 18.8. The summed E-state index contributed by atoms with van der Waals surface area (Å²) in [6, 6.07) is 19.2. The van der Waals surface area contributed by atoms with E-state index in [-0.39, 0.29) is 17.9 Å². The second kappa shape index (κ2) is 8.79. The molecule has 1 aromatic heterocycles. The van der Waals surface area contributed by atoms with E-state index in [0.29, 0.717) is 24.5 Å². The summed E-state index contributed by atoms with van der Waals surface area (Å²) < 4.78 is 18.5. The Labute approximate surface area is 196 Å². The summed E-state index contributed by atoms with van der Waals surface area (Å²) in [7, 11) is 1.63. The van der Waals surface area contributed by atoms with Gasteiger partial charge in [-0.15, -0.1) is 0 Å². The third kappa shape index (κ3) is 4.14. The number of carbonyl (C=O) groups is 1. The van der Waals surface area contributed by atoms with Crippen LogP contribution >= 0.6 is 11.6 Å². The Morgan fingerprint density at radius 3 is 2.64 bits per heavy atom. The lowest BCUT2D eigenvalue weighted by atomic mass is 9.92. The van der Waals surface area contributed by atoms with E-state index >= 15 is 0 Å². The molecule has 2 heterocycles. The number of H-pyrrole nitrogens is 1. The van der Waals surface area contributed by atoms with Crippen LogP contribution in [0, 0.1) is 5.82 Å². The van der Waals surface area contributed by atoms with E-state index < -0.39 is 0 Å². The molecule has 0 fully saturated rings. The molecule has 1 aliphatic rings. The number of aromatic amines is 1. The van der Waals surface area contributed by atoms with Crippen molar-refractivity contribution in [3.8, 4) is 5.75 Å². The molecule has 168 valence electrons. The van der Waals surface area contributed by atoms with Crippen LogP contribution in [-0.4, -0.2) is 29.6 Å². The van der Waals surface area contributed by atoms with Gasteiger partial charge in [-0.2, -0.15) is 0 Å². The van der Waals surface area contributed by atoms with Gasteiger partial charge < -0.3 is 19.9 Å². The number of hydrogen-bond donors (Lipinski definition) is 2. The largest absolute Gasteiger partial charge is 0.497 e. The highest BCUT2D eigenvalue weighted by molar-refractivity contribution is 6.31. The normalized spacial score (nSPS) is 15.4. The van der Waals surface area contributed by atoms with E-state index in [1.807, 2.05) is 47.4 Å². The van der Waals surface area contributed by atoms with Crippen LogP contribution in [0.4, 0.5) is 9.18 Å². The van der Waals surface area contributed by atoms with Gasteiger partial charge in [0, 0.05) is 34.7 Å². The minimum Gasteiger partial charge on any atom is -0.497 e. The first-order valence-corrected chi connectivity index (χ1v) is 11.1. The summed E-state index contributed by atoms with van der Waals surface area (Å²) in [6.07, 6.45) is 0.715. The number of rotatable bonds is 4. The molecule has 0 aliphatic carbocycles. The number of urea groups is 1. The topological polar surface area (TPSA) is 57.4 Å². The van der Waals surface area contributed by atoms with Crippen LogP contribution in [0.5, 0.6) is 5.75 Å². The molecule has 0 bridgehead atoms. The number of fused-ring (bicyclic) bond motifs is 3. The quantitative estimate of drug-likeness (QED) is 0.400. The maximum atomic E-state index is 13.3. The number of hydrogen-bond acceptors (Lipinski definition) is 2. The molecule has 0 spiro atoms. The lowest BCUT2D eigenvalue weighted by Gasteiger charge is -2.36. The van der Waals surface area contributed by atoms with Crippen molar-refractivity contribution in [2.75, 3.05) is 13.7 Å². The van der Waals surface area contributed by atoms with Gasteiger partial charge >= 0.3 is 6.03 Å². The van der Waals surface area contributed by atoms with Crippen LogP contribution in [0.1, 0.15) is 28.4 Å². The van der Waals surface area contributed by atoms with Crippen LogP contribution in [-0.2, 0) is 13.0 Å². The molecule has 0 unspecified atom stereocenters. The van der Waals surface area contributed by atoms with E-state index in [1.165, 1.54) is 17.7 Å². The van der Waals surface area contributed by atoms with Crippen LogP contribution in [0.3, 0.4) is 0 Å². The van der Waals surface area contributed by atoms with Crippen molar-refractivity contribution in [2.45, 2.75) is 19.0 Å². The van der Waals surface area contributed by atoms with E-state index in [9.17, 15) is 9.18 Å². The first-order valence-electron chi connectivity index (χ1n) is 10.8. The van der Waals surface area contributed by atoms with Gasteiger partial charge in [0.2, 0.25) is 0 Å². The second-order valence-electron chi connectivity index (χ2n) is 8.11. The third-order valence-electron chi connectivity index (χ3n) is 6.14. The molecule has 33 heavy (non-hydrogen) atoms. The maximum absolute atomic E-state index is 13.3. The summed E-state index contributed by atoms with van der Waals surface area (Å²) in [5.41, 5.74) is 4.98. The average molecular weight is 464 g/mol. The smallest absolute Gasteiger partial charge is 0.318 e. The zero-order chi connectivity index (χ0) is 22.9. The SMILES string of the molecule is COc1ccc([C@@H]2c3[nH]c4ccc(Cl)cc4c3CCN2C(=O)NCc2ccc(F)cc2)cc1. The Hall–Kier alpha value is -3.51. The van der Waals surface area contributed by atoms with Crippen LogP contribution in [0.25, 0.3) is 10.9 Å². The van der Waals surface area contributed by atoms with Gasteiger partial charge in [-0.05, 0) is 65.6 Å². The van der Waals surface area contributed by atoms with Gasteiger partial charge in [0.05, 0.1) is 13.2 Å². The molecule has 0 radical (unpaired) electrons. The van der Waals surface area contributed by atoms with Gasteiger partial charge in [0.1, 0.15) is 11.6 Å². The lowest BCUT2D eigenvalue weighted by Crippen LogP contribution is -2.45. The summed E-state index contributed by atoms with van der Waals surface area (Å²) in [6.45, 7) is 0.874. The highest BCUT2D eigenvalue weighted by Gasteiger charge is 2.34. The highest BCUT2D eigenvalue weighted by atomic mass is 35.5.